The molecule has 10 aromatic carbocycles. The molecule has 0 aliphatic heterocycles. The van der Waals surface area contributed by atoms with Crippen LogP contribution in [0, 0.1) is 0 Å². The molecule has 0 aliphatic rings. The van der Waals surface area contributed by atoms with Crippen molar-refractivity contribution in [1.82, 2.24) is 9.13 Å². The molecule has 0 spiro atoms. The first-order valence-electron chi connectivity index (χ1n) is 22.3. The van der Waals surface area contributed by atoms with Crippen LogP contribution in [-0.2, 0) is 0 Å². The molecular weight excluding hydrogens is 809 g/mol. The van der Waals surface area contributed by atoms with Crippen molar-refractivity contribution in [1.29, 1.82) is 0 Å². The van der Waals surface area contributed by atoms with E-state index in [1.54, 1.807) is 0 Å². The van der Waals surface area contributed by atoms with Crippen LogP contribution >= 0.6 is 0 Å². The van der Waals surface area contributed by atoms with Crippen LogP contribution in [0.5, 0.6) is 0 Å². The summed E-state index contributed by atoms with van der Waals surface area (Å²) >= 11 is 0. The second kappa shape index (κ2) is 13.8. The zero-order valence-corrected chi connectivity index (χ0v) is 36.2. The van der Waals surface area contributed by atoms with Gasteiger partial charge in [-0.3, -0.25) is 0 Å². The SMILES string of the molecule is c1ccc([Si](c2ccccc2)(c2cccc3c2oc2c(-n4c5ccccc5c5ccccc54)cccc23)c2cccc3c2oc2c(-n4c5ccccc5c5ccccc54)cccc23)cc1. The monoisotopic (exact) mass is 846 g/mol. The molecule has 5 heteroatoms. The van der Waals surface area contributed by atoms with Crippen molar-refractivity contribution in [2.75, 3.05) is 0 Å². The number of hydrogen-bond donors (Lipinski definition) is 0. The van der Waals surface area contributed by atoms with E-state index in [-0.39, 0.29) is 0 Å². The molecule has 4 aromatic heterocycles. The third kappa shape index (κ3) is 4.96. The van der Waals surface area contributed by atoms with E-state index < -0.39 is 8.07 Å². The summed E-state index contributed by atoms with van der Waals surface area (Å²) in [6.07, 6.45) is 0. The Morgan fingerprint density at radius 3 is 0.908 bits per heavy atom. The molecule has 0 saturated heterocycles. The fourth-order valence-electron chi connectivity index (χ4n) is 11.2. The molecular formula is C60H38N2O2Si. The molecule has 0 amide bonds. The van der Waals surface area contributed by atoms with Gasteiger partial charge < -0.3 is 18.0 Å². The molecule has 0 saturated carbocycles. The second-order valence-electron chi connectivity index (χ2n) is 17.1. The van der Waals surface area contributed by atoms with Gasteiger partial charge in [0.15, 0.2) is 19.2 Å². The minimum atomic E-state index is -3.30. The predicted molar refractivity (Wildman–Crippen MR) is 273 cm³/mol. The van der Waals surface area contributed by atoms with Gasteiger partial charge in [-0.05, 0) is 57.1 Å². The Bertz CT molecular complexity index is 3810. The Labute approximate surface area is 374 Å². The van der Waals surface area contributed by atoms with Crippen LogP contribution in [0.3, 0.4) is 0 Å². The Hall–Kier alpha value is -8.38. The van der Waals surface area contributed by atoms with E-state index in [9.17, 15) is 0 Å². The topological polar surface area (TPSA) is 36.1 Å². The average molecular weight is 847 g/mol. The van der Waals surface area contributed by atoms with Crippen LogP contribution < -0.4 is 20.7 Å². The first-order chi connectivity index (χ1) is 32.3. The quantitative estimate of drug-likeness (QED) is 0.123. The van der Waals surface area contributed by atoms with Gasteiger partial charge in [-0.1, -0.05) is 194 Å². The van der Waals surface area contributed by atoms with Crippen molar-refractivity contribution >= 4 is 116 Å². The van der Waals surface area contributed by atoms with Crippen molar-refractivity contribution in [2.45, 2.75) is 0 Å². The molecule has 0 fully saturated rings. The fraction of sp³-hybridized carbons (Fsp3) is 0. The molecule has 14 aromatic rings. The number of benzene rings is 10. The number of fused-ring (bicyclic) bond motifs is 12. The number of para-hydroxylation sites is 8. The maximum absolute atomic E-state index is 7.51. The van der Waals surface area contributed by atoms with Gasteiger partial charge in [-0.25, -0.2) is 0 Å². The predicted octanol–water partition coefficient (Wildman–Crippen LogP) is 13.1. The highest BCUT2D eigenvalue weighted by Crippen LogP contribution is 2.40. The first kappa shape index (κ1) is 36.1. The van der Waals surface area contributed by atoms with Gasteiger partial charge in [0.1, 0.15) is 11.2 Å². The molecule has 0 N–H and O–H groups in total. The standard InChI is InChI=1S/C60H38N2O2Si/c1-3-19-39(20-4-1)65(40-21-5-2-6-22-40,55-37-17-29-47-45-27-15-35-53(57(45)63-59(47)55)61-49-31-11-7-23-41(49)42-24-8-12-32-50(42)61)56-38-18-30-48-46-28-16-36-54(58(46)64-60(48)56)62-51-33-13-9-25-43(51)44-26-10-14-34-52(44)62/h1-38H. The molecule has 304 valence electrons. The van der Waals surface area contributed by atoms with Gasteiger partial charge >= 0.3 is 0 Å². The smallest absolute Gasteiger partial charge is 0.188 e. The molecule has 65 heavy (non-hydrogen) atoms. The summed E-state index contributed by atoms with van der Waals surface area (Å²) in [7, 11) is -3.30. The van der Waals surface area contributed by atoms with Crippen molar-refractivity contribution in [3.05, 3.63) is 231 Å². The Kier molecular flexibility index (Phi) is 7.68. The molecule has 0 unspecified atom stereocenters. The van der Waals surface area contributed by atoms with Gasteiger partial charge in [0.2, 0.25) is 0 Å². The third-order valence-corrected chi connectivity index (χ3v) is 18.7. The van der Waals surface area contributed by atoms with Crippen molar-refractivity contribution in [3.8, 4) is 11.4 Å². The summed E-state index contributed by atoms with van der Waals surface area (Å²) in [5.74, 6) is 0. The lowest BCUT2D eigenvalue weighted by Gasteiger charge is -2.34. The Morgan fingerprint density at radius 1 is 0.246 bits per heavy atom. The summed E-state index contributed by atoms with van der Waals surface area (Å²) in [5, 5.41) is 14.1. The van der Waals surface area contributed by atoms with Crippen LogP contribution in [0.1, 0.15) is 0 Å². The molecule has 4 heterocycles. The Morgan fingerprint density at radius 2 is 0.538 bits per heavy atom. The fourth-order valence-corrected chi connectivity index (χ4v) is 16.2. The first-order valence-corrected chi connectivity index (χ1v) is 24.3. The number of furan rings is 2. The van der Waals surface area contributed by atoms with E-state index in [1.807, 2.05) is 0 Å². The van der Waals surface area contributed by atoms with E-state index in [1.165, 1.54) is 42.3 Å². The highest BCUT2D eigenvalue weighted by Gasteiger charge is 2.46. The van der Waals surface area contributed by atoms with Gasteiger partial charge in [0.05, 0.1) is 33.4 Å². The maximum Gasteiger partial charge on any atom is 0.188 e. The van der Waals surface area contributed by atoms with Gasteiger partial charge in [-0.15, -0.1) is 0 Å². The normalized spacial score (nSPS) is 12.3. The zero-order valence-electron chi connectivity index (χ0n) is 35.2. The molecule has 0 radical (unpaired) electrons. The molecule has 14 rings (SSSR count). The van der Waals surface area contributed by atoms with Crippen LogP contribution in [0.15, 0.2) is 239 Å². The summed E-state index contributed by atoms with van der Waals surface area (Å²) in [4.78, 5) is 0. The average Bonchev–Trinajstić information content (AvgIpc) is 4.14. The molecule has 0 atom stereocenters. The van der Waals surface area contributed by atoms with E-state index in [2.05, 4.69) is 240 Å². The van der Waals surface area contributed by atoms with Crippen LogP contribution in [0.25, 0.3) is 98.9 Å². The zero-order chi connectivity index (χ0) is 42.6. The minimum absolute atomic E-state index is 0.864. The van der Waals surface area contributed by atoms with Crippen LogP contribution in [0.2, 0.25) is 0 Å². The number of hydrogen-bond acceptors (Lipinski definition) is 2. The van der Waals surface area contributed by atoms with Gasteiger partial charge in [-0.2, -0.15) is 0 Å². The maximum atomic E-state index is 7.51. The number of nitrogens with zero attached hydrogens (tertiary/aromatic N) is 2. The van der Waals surface area contributed by atoms with Crippen molar-refractivity contribution in [3.63, 3.8) is 0 Å². The second-order valence-corrected chi connectivity index (χ2v) is 20.8. The molecule has 0 aliphatic carbocycles. The highest BCUT2D eigenvalue weighted by molar-refractivity contribution is 7.21. The van der Waals surface area contributed by atoms with E-state index in [0.29, 0.717) is 0 Å². The van der Waals surface area contributed by atoms with Crippen molar-refractivity contribution < 1.29 is 8.83 Å². The lowest BCUT2D eigenvalue weighted by atomic mass is 10.1. The molecule has 4 nitrogen and oxygen atoms in total. The van der Waals surface area contributed by atoms with Crippen LogP contribution in [0.4, 0.5) is 0 Å². The van der Waals surface area contributed by atoms with Crippen molar-refractivity contribution in [2.24, 2.45) is 0 Å². The van der Waals surface area contributed by atoms with E-state index in [0.717, 1.165) is 77.3 Å². The summed E-state index contributed by atoms with van der Waals surface area (Å²) in [5.41, 5.74) is 10.2. The number of aromatic nitrogens is 2. The summed E-state index contributed by atoms with van der Waals surface area (Å²) in [6, 6.07) is 83.7. The van der Waals surface area contributed by atoms with Crippen LogP contribution in [-0.4, -0.2) is 17.2 Å². The minimum Gasteiger partial charge on any atom is -0.454 e. The van der Waals surface area contributed by atoms with E-state index >= 15 is 0 Å². The lowest BCUT2D eigenvalue weighted by molar-refractivity contribution is 0.668. The summed E-state index contributed by atoms with van der Waals surface area (Å²) < 4.78 is 19.8. The van der Waals surface area contributed by atoms with Gasteiger partial charge in [0, 0.05) is 43.1 Å². The van der Waals surface area contributed by atoms with E-state index in [4.69, 9.17) is 8.83 Å². The third-order valence-electron chi connectivity index (χ3n) is 13.9. The van der Waals surface area contributed by atoms with Gasteiger partial charge in [0.25, 0.3) is 0 Å². The highest BCUT2D eigenvalue weighted by atomic mass is 28.3. The number of rotatable bonds is 6. The largest absolute Gasteiger partial charge is 0.454 e. The Balaban J connectivity index is 1.10. The lowest BCUT2D eigenvalue weighted by Crippen LogP contribution is -2.75. The molecule has 0 bridgehead atoms. The summed E-state index contributed by atoms with van der Waals surface area (Å²) in [6.45, 7) is 0.